The third kappa shape index (κ3) is 5.83. The minimum atomic E-state index is -0.382. The molecule has 11 heteroatoms. The molecule has 1 N–H and O–H groups in total. The summed E-state index contributed by atoms with van der Waals surface area (Å²) in [5, 5.41) is 15.2. The number of nitro groups is 1. The van der Waals surface area contributed by atoms with Gasteiger partial charge in [0.05, 0.1) is 4.92 Å². The lowest BCUT2D eigenvalue weighted by Gasteiger charge is -2.35. The number of hydrogen-bond donors (Lipinski definition) is 1. The Balaban J connectivity index is 1.17. The number of rotatable bonds is 10. The number of ether oxygens (including phenoxy) is 2. The second kappa shape index (κ2) is 11.3. The molecule has 2 aliphatic heterocycles. The number of anilines is 3. The van der Waals surface area contributed by atoms with Gasteiger partial charge in [-0.1, -0.05) is 24.3 Å². The molecule has 2 aliphatic rings. The van der Waals surface area contributed by atoms with Gasteiger partial charge in [-0.25, -0.2) is 9.97 Å². The number of nitrogens with zero attached hydrogens (tertiary/aromatic N) is 6. The molecule has 1 aromatic heterocycles. The molecule has 0 saturated carbocycles. The summed E-state index contributed by atoms with van der Waals surface area (Å²) in [4.78, 5) is 26.6. The van der Waals surface area contributed by atoms with Crippen molar-refractivity contribution in [2.24, 2.45) is 0 Å². The van der Waals surface area contributed by atoms with Gasteiger partial charge in [-0.05, 0) is 36.2 Å². The van der Waals surface area contributed by atoms with Gasteiger partial charge in [0.15, 0.2) is 11.5 Å². The van der Waals surface area contributed by atoms with Crippen molar-refractivity contribution < 1.29 is 14.4 Å². The van der Waals surface area contributed by atoms with Crippen molar-refractivity contribution in [2.45, 2.75) is 13.0 Å². The van der Waals surface area contributed by atoms with Crippen LogP contribution in [-0.2, 0) is 6.54 Å². The van der Waals surface area contributed by atoms with Crippen molar-refractivity contribution in [3.63, 3.8) is 0 Å². The fraction of sp³-hybridized carbons (Fsp3) is 0.385. The van der Waals surface area contributed by atoms with Gasteiger partial charge in [-0.15, -0.1) is 0 Å². The van der Waals surface area contributed by atoms with Crippen molar-refractivity contribution in [3.8, 4) is 11.5 Å². The minimum absolute atomic E-state index is 0.0665. The Bertz CT molecular complexity index is 1220. The van der Waals surface area contributed by atoms with Crippen molar-refractivity contribution >= 4 is 23.0 Å². The van der Waals surface area contributed by atoms with Crippen molar-refractivity contribution in [2.75, 3.05) is 68.2 Å². The van der Waals surface area contributed by atoms with E-state index in [1.165, 1.54) is 6.33 Å². The summed E-state index contributed by atoms with van der Waals surface area (Å²) in [5.74, 6) is 2.18. The average molecular weight is 506 g/mol. The van der Waals surface area contributed by atoms with Crippen molar-refractivity contribution in [3.05, 3.63) is 70.5 Å². The van der Waals surface area contributed by atoms with E-state index in [1.807, 2.05) is 48.3 Å². The topological polar surface area (TPSA) is 109 Å². The highest BCUT2D eigenvalue weighted by atomic mass is 16.7. The molecule has 3 aromatic rings. The van der Waals surface area contributed by atoms with Gasteiger partial charge in [0.25, 0.3) is 0 Å². The lowest BCUT2D eigenvalue weighted by Crippen LogP contribution is -2.46. The van der Waals surface area contributed by atoms with Gasteiger partial charge in [0.1, 0.15) is 6.33 Å². The predicted molar refractivity (Wildman–Crippen MR) is 142 cm³/mol. The minimum Gasteiger partial charge on any atom is -0.454 e. The van der Waals surface area contributed by atoms with Crippen LogP contribution in [0, 0.1) is 10.1 Å². The monoisotopic (exact) mass is 505 g/mol. The zero-order valence-corrected chi connectivity index (χ0v) is 20.9. The van der Waals surface area contributed by atoms with Crippen molar-refractivity contribution in [1.29, 1.82) is 0 Å². The highest BCUT2D eigenvalue weighted by Crippen LogP contribution is 2.34. The maximum Gasteiger partial charge on any atom is 0.353 e. The van der Waals surface area contributed by atoms with Crippen LogP contribution in [0.4, 0.5) is 23.0 Å². The number of aromatic nitrogens is 2. The molecule has 0 amide bonds. The fourth-order valence-corrected chi connectivity index (χ4v) is 4.65. The number of fused-ring (bicyclic) bond motifs is 1. The molecule has 0 atom stereocenters. The van der Waals surface area contributed by atoms with E-state index in [2.05, 4.69) is 37.2 Å². The second-order valence-electron chi connectivity index (χ2n) is 9.14. The second-order valence-corrected chi connectivity index (χ2v) is 9.14. The Morgan fingerprint density at radius 3 is 2.62 bits per heavy atom. The average Bonchev–Trinajstić information content (AvgIpc) is 3.40. The first-order valence-corrected chi connectivity index (χ1v) is 12.4. The summed E-state index contributed by atoms with van der Waals surface area (Å²) in [5.41, 5.74) is 2.22. The Morgan fingerprint density at radius 2 is 1.84 bits per heavy atom. The third-order valence-electron chi connectivity index (χ3n) is 6.66. The first-order valence-electron chi connectivity index (χ1n) is 12.4. The molecule has 1 fully saturated rings. The van der Waals surface area contributed by atoms with Crippen LogP contribution in [0.5, 0.6) is 11.5 Å². The summed E-state index contributed by atoms with van der Waals surface area (Å²) >= 11 is 0. The van der Waals surface area contributed by atoms with Crippen molar-refractivity contribution in [1.82, 2.24) is 14.9 Å². The van der Waals surface area contributed by atoms with Gasteiger partial charge < -0.3 is 24.6 Å². The Labute approximate surface area is 215 Å². The van der Waals surface area contributed by atoms with Crippen LogP contribution in [-0.4, -0.2) is 72.9 Å². The maximum atomic E-state index is 12.0. The summed E-state index contributed by atoms with van der Waals surface area (Å²) in [6.07, 6.45) is 2.21. The number of nitrogens with one attached hydrogen (secondary N) is 1. The quantitative estimate of drug-likeness (QED) is 0.250. The van der Waals surface area contributed by atoms with Crippen LogP contribution in [0.2, 0.25) is 0 Å². The predicted octanol–water partition coefficient (Wildman–Crippen LogP) is 3.37. The van der Waals surface area contributed by atoms with Gasteiger partial charge in [-0.3, -0.25) is 15.0 Å². The highest BCUT2D eigenvalue weighted by Gasteiger charge is 2.29. The standard InChI is InChI=1S/C26H31N7O4/c1-30(21-6-3-2-4-7-21)11-5-10-27-25-24(33(34)35)26(29-18-28-25)32-14-12-31(13-15-32)17-20-8-9-22-23(16-20)37-19-36-22/h2-4,6-9,16,18H,5,10-15,17,19H2,1H3,(H,27,28,29). The lowest BCUT2D eigenvalue weighted by atomic mass is 10.1. The molecule has 1 saturated heterocycles. The molecule has 194 valence electrons. The molecule has 0 spiro atoms. The smallest absolute Gasteiger partial charge is 0.353 e. The first kappa shape index (κ1) is 24.6. The number of para-hydroxylation sites is 1. The van der Waals surface area contributed by atoms with Crippen LogP contribution < -0.4 is 24.6 Å². The van der Waals surface area contributed by atoms with E-state index in [0.29, 0.717) is 25.5 Å². The van der Waals surface area contributed by atoms with E-state index in [1.54, 1.807) is 0 Å². The molecule has 5 rings (SSSR count). The summed E-state index contributed by atoms with van der Waals surface area (Å²) in [6, 6.07) is 16.1. The van der Waals surface area contributed by atoms with Gasteiger partial charge >= 0.3 is 5.69 Å². The largest absolute Gasteiger partial charge is 0.454 e. The zero-order chi connectivity index (χ0) is 25.6. The van der Waals surface area contributed by atoms with Crippen LogP contribution in [0.25, 0.3) is 0 Å². The number of benzene rings is 2. The van der Waals surface area contributed by atoms with Crippen LogP contribution in [0.1, 0.15) is 12.0 Å². The Kier molecular flexibility index (Phi) is 7.50. The molecular weight excluding hydrogens is 474 g/mol. The molecular formula is C26H31N7O4. The summed E-state index contributed by atoms with van der Waals surface area (Å²) in [6.45, 7) is 5.24. The first-order chi connectivity index (χ1) is 18.1. The number of piperazine rings is 1. The summed E-state index contributed by atoms with van der Waals surface area (Å²) in [7, 11) is 2.03. The molecule has 0 unspecified atom stereocenters. The van der Waals surface area contributed by atoms with E-state index < -0.39 is 0 Å². The highest BCUT2D eigenvalue weighted by molar-refractivity contribution is 5.70. The SMILES string of the molecule is CN(CCCNc1ncnc(N2CCN(Cc3ccc4c(c3)OCO4)CC2)c1[N+](=O)[O-])c1ccccc1. The van der Waals surface area contributed by atoms with Gasteiger partial charge in [0.2, 0.25) is 18.4 Å². The molecule has 2 aromatic carbocycles. The van der Waals surface area contributed by atoms with Gasteiger partial charge in [0, 0.05) is 58.5 Å². The molecule has 0 aliphatic carbocycles. The van der Waals surface area contributed by atoms with Gasteiger partial charge in [-0.2, -0.15) is 0 Å². The Hall–Kier alpha value is -4.12. The fourth-order valence-electron chi connectivity index (χ4n) is 4.65. The number of hydrogen-bond acceptors (Lipinski definition) is 10. The van der Waals surface area contributed by atoms with E-state index in [9.17, 15) is 10.1 Å². The van der Waals surface area contributed by atoms with E-state index in [4.69, 9.17) is 9.47 Å². The molecule has 0 radical (unpaired) electrons. The van der Waals surface area contributed by atoms with Crippen LogP contribution in [0.15, 0.2) is 54.9 Å². The summed E-state index contributed by atoms with van der Waals surface area (Å²) < 4.78 is 10.9. The van der Waals surface area contributed by atoms with Crippen LogP contribution >= 0.6 is 0 Å². The Morgan fingerprint density at radius 1 is 1.05 bits per heavy atom. The molecule has 37 heavy (non-hydrogen) atoms. The third-order valence-corrected chi connectivity index (χ3v) is 6.66. The lowest BCUT2D eigenvalue weighted by molar-refractivity contribution is -0.383. The molecule has 3 heterocycles. The van der Waals surface area contributed by atoms with Crippen LogP contribution in [0.3, 0.4) is 0 Å². The molecule has 11 nitrogen and oxygen atoms in total. The van der Waals surface area contributed by atoms with E-state index in [0.717, 1.165) is 55.3 Å². The van der Waals surface area contributed by atoms with E-state index in [-0.39, 0.29) is 23.2 Å². The van der Waals surface area contributed by atoms with E-state index >= 15 is 0 Å². The molecule has 0 bridgehead atoms. The maximum absolute atomic E-state index is 12.0. The zero-order valence-electron chi connectivity index (χ0n) is 20.9. The normalized spacial score (nSPS) is 15.0.